The highest BCUT2D eigenvalue weighted by atomic mass is 16.6. The molecule has 0 heterocycles. The van der Waals surface area contributed by atoms with Crippen molar-refractivity contribution in [2.45, 2.75) is 155 Å². The third-order valence-electron chi connectivity index (χ3n) is 13.7. The third-order valence-corrected chi connectivity index (χ3v) is 13.7. The van der Waals surface area contributed by atoms with E-state index in [0.29, 0.717) is 24.7 Å². The van der Waals surface area contributed by atoms with Crippen LogP contribution in [0.4, 0.5) is 0 Å². The van der Waals surface area contributed by atoms with Crippen LogP contribution in [0.5, 0.6) is 11.5 Å². The molecule has 4 saturated carbocycles. The average molecular weight is 749 g/mol. The van der Waals surface area contributed by atoms with E-state index in [0.717, 1.165) is 81.1 Å². The monoisotopic (exact) mass is 748 g/mol. The molecule has 0 atom stereocenters. The van der Waals surface area contributed by atoms with Gasteiger partial charge in [-0.3, -0.25) is 9.59 Å². The van der Waals surface area contributed by atoms with Gasteiger partial charge in [-0.1, -0.05) is 71.8 Å². The average Bonchev–Trinajstić information content (AvgIpc) is 3.22. The molecule has 8 heteroatoms. The van der Waals surface area contributed by atoms with Gasteiger partial charge < -0.3 is 18.9 Å². The van der Waals surface area contributed by atoms with E-state index in [4.69, 9.17) is 18.9 Å². The predicted molar refractivity (Wildman–Crippen MR) is 210 cm³/mol. The Balaban J connectivity index is 1.15. The van der Waals surface area contributed by atoms with Crippen molar-refractivity contribution in [3.8, 4) is 11.5 Å². The van der Waals surface area contributed by atoms with E-state index in [1.165, 1.54) is 83.1 Å². The van der Waals surface area contributed by atoms with E-state index in [1.807, 2.05) is 0 Å². The molecule has 1 aromatic rings. The van der Waals surface area contributed by atoms with Crippen molar-refractivity contribution >= 4 is 23.9 Å². The van der Waals surface area contributed by atoms with Crippen molar-refractivity contribution in [3.05, 3.63) is 36.4 Å². The minimum Gasteiger partial charge on any atom is -0.463 e. The lowest BCUT2D eigenvalue weighted by Gasteiger charge is -2.37. The zero-order chi connectivity index (χ0) is 38.3. The molecule has 0 saturated heterocycles. The van der Waals surface area contributed by atoms with Crippen molar-refractivity contribution in [2.24, 2.45) is 47.3 Å². The maximum atomic E-state index is 13.5. The zero-order valence-corrected chi connectivity index (χ0v) is 33.4. The molecule has 8 nitrogen and oxygen atoms in total. The highest BCUT2D eigenvalue weighted by Crippen LogP contribution is 2.44. The van der Waals surface area contributed by atoms with Gasteiger partial charge in [0, 0.05) is 6.08 Å². The Labute approximate surface area is 324 Å². The summed E-state index contributed by atoms with van der Waals surface area (Å²) < 4.78 is 22.4. The van der Waals surface area contributed by atoms with E-state index < -0.39 is 11.9 Å². The first kappa shape index (κ1) is 42.0. The molecule has 0 aliphatic heterocycles. The van der Waals surface area contributed by atoms with Crippen LogP contribution in [0.3, 0.4) is 0 Å². The second-order valence-corrected chi connectivity index (χ2v) is 17.1. The Morgan fingerprint density at radius 2 is 1.13 bits per heavy atom. The summed E-state index contributed by atoms with van der Waals surface area (Å²) in [4.78, 5) is 51.6. The predicted octanol–water partition coefficient (Wildman–Crippen LogP) is 11.0. The number of carbonyl (C=O) groups excluding carboxylic acids is 4. The maximum Gasteiger partial charge on any atom is 0.342 e. The van der Waals surface area contributed by atoms with Crippen molar-refractivity contribution in [1.82, 2.24) is 0 Å². The van der Waals surface area contributed by atoms with Crippen LogP contribution in [0.15, 0.2) is 30.9 Å². The summed E-state index contributed by atoms with van der Waals surface area (Å²) in [6.07, 6.45) is 25.5. The van der Waals surface area contributed by atoms with Gasteiger partial charge >= 0.3 is 23.9 Å². The van der Waals surface area contributed by atoms with E-state index >= 15 is 0 Å². The summed E-state index contributed by atoms with van der Waals surface area (Å²) >= 11 is 0. The molecular formula is C46H68O8. The molecule has 0 bridgehead atoms. The van der Waals surface area contributed by atoms with Gasteiger partial charge in [-0.2, -0.15) is 0 Å². The number of esters is 4. The largest absolute Gasteiger partial charge is 0.463 e. The fraction of sp³-hybridized carbons (Fsp3) is 0.739. The number of carbonyl (C=O) groups is 4. The quantitative estimate of drug-likeness (QED) is 0.0671. The van der Waals surface area contributed by atoms with Crippen LogP contribution in [0.2, 0.25) is 0 Å². The van der Waals surface area contributed by atoms with E-state index in [-0.39, 0.29) is 54.1 Å². The molecule has 4 aliphatic rings. The molecule has 0 amide bonds. The Hall–Kier alpha value is -3.16. The summed E-state index contributed by atoms with van der Waals surface area (Å²) in [6.45, 7) is 8.25. The number of hydrogen-bond donors (Lipinski definition) is 0. The topological polar surface area (TPSA) is 105 Å². The van der Waals surface area contributed by atoms with Crippen molar-refractivity contribution in [3.63, 3.8) is 0 Å². The minimum atomic E-state index is -0.657. The fourth-order valence-corrected chi connectivity index (χ4v) is 10.1. The molecule has 4 aliphatic carbocycles. The molecule has 0 aromatic heterocycles. The smallest absolute Gasteiger partial charge is 0.342 e. The number of rotatable bonds is 17. The second kappa shape index (κ2) is 21.8. The van der Waals surface area contributed by atoms with Crippen LogP contribution in [0.25, 0.3) is 0 Å². The van der Waals surface area contributed by atoms with Crippen LogP contribution in [-0.2, 0) is 23.9 Å². The Morgan fingerprint density at radius 3 is 1.65 bits per heavy atom. The molecule has 0 N–H and O–H groups in total. The van der Waals surface area contributed by atoms with Gasteiger partial charge in [0.1, 0.15) is 17.1 Å². The highest BCUT2D eigenvalue weighted by molar-refractivity contribution is 5.94. The van der Waals surface area contributed by atoms with Gasteiger partial charge in [-0.05, 0) is 144 Å². The minimum absolute atomic E-state index is 0.0617. The standard InChI is InChI=1S/C46H68O8/c1-4-7-10-33-13-17-35(18-14-33)37-21-25-39(26-22-37)45(49)54-42-28-27-40(31-41(42)46(50)52-30-9-8-29-51-43(47)6-3)53-44(48)38-23-19-36(20-24-38)34-15-11-32(5-2)12-16-34/h6,27-28,31-39H,3-5,7-26,29-30H2,1-2H3. The van der Waals surface area contributed by atoms with Crippen LogP contribution in [0.1, 0.15) is 165 Å². The normalized spacial score (nSPS) is 28.7. The Kier molecular flexibility index (Phi) is 17.0. The highest BCUT2D eigenvalue weighted by Gasteiger charge is 2.36. The fourth-order valence-electron chi connectivity index (χ4n) is 10.1. The van der Waals surface area contributed by atoms with E-state index in [9.17, 15) is 19.2 Å². The van der Waals surface area contributed by atoms with Gasteiger partial charge in [0.15, 0.2) is 0 Å². The number of ether oxygens (including phenoxy) is 4. The Bertz CT molecular complexity index is 1350. The van der Waals surface area contributed by atoms with Crippen LogP contribution >= 0.6 is 0 Å². The molecule has 1 aromatic carbocycles. The van der Waals surface area contributed by atoms with Gasteiger partial charge in [0.05, 0.1) is 25.0 Å². The third kappa shape index (κ3) is 12.4. The summed E-state index contributed by atoms with van der Waals surface area (Å²) in [5.74, 6) is 2.95. The summed E-state index contributed by atoms with van der Waals surface area (Å²) in [5.41, 5.74) is 0.0617. The molecule has 4 fully saturated rings. The number of unbranched alkanes of at least 4 members (excludes halogenated alkanes) is 2. The van der Waals surface area contributed by atoms with E-state index in [2.05, 4.69) is 20.4 Å². The first-order valence-electron chi connectivity index (χ1n) is 21.8. The van der Waals surface area contributed by atoms with Crippen LogP contribution in [-0.4, -0.2) is 37.1 Å². The van der Waals surface area contributed by atoms with Crippen LogP contribution in [0, 0.1) is 47.3 Å². The second-order valence-electron chi connectivity index (χ2n) is 17.1. The van der Waals surface area contributed by atoms with Gasteiger partial charge in [-0.15, -0.1) is 0 Å². The van der Waals surface area contributed by atoms with Gasteiger partial charge in [-0.25, -0.2) is 9.59 Å². The number of benzene rings is 1. The first-order chi connectivity index (χ1) is 26.3. The van der Waals surface area contributed by atoms with Crippen molar-refractivity contribution in [2.75, 3.05) is 13.2 Å². The molecule has 0 spiro atoms. The summed E-state index contributed by atoms with van der Waals surface area (Å²) in [6, 6.07) is 4.63. The number of hydrogen-bond acceptors (Lipinski definition) is 8. The van der Waals surface area contributed by atoms with Gasteiger partial charge in [0.25, 0.3) is 0 Å². The molecule has 300 valence electrons. The molecule has 0 unspecified atom stereocenters. The zero-order valence-electron chi connectivity index (χ0n) is 33.4. The van der Waals surface area contributed by atoms with E-state index in [1.54, 1.807) is 12.1 Å². The molecule has 5 rings (SSSR count). The molecular weight excluding hydrogens is 680 g/mol. The SMILES string of the molecule is C=CC(=O)OCCCCOC(=O)c1cc(OC(=O)C2CCC(C3CCC(CC)CC3)CC2)ccc1OC(=O)C1CCC(C2CCC(CCCC)CC2)CC1. The first-order valence-corrected chi connectivity index (χ1v) is 21.8. The molecule has 0 radical (unpaired) electrons. The summed E-state index contributed by atoms with van der Waals surface area (Å²) in [7, 11) is 0. The van der Waals surface area contributed by atoms with Crippen molar-refractivity contribution in [1.29, 1.82) is 0 Å². The Morgan fingerprint density at radius 1 is 0.630 bits per heavy atom. The molecule has 54 heavy (non-hydrogen) atoms. The van der Waals surface area contributed by atoms with Crippen LogP contribution < -0.4 is 9.47 Å². The lowest BCUT2D eigenvalue weighted by atomic mass is 9.68. The maximum absolute atomic E-state index is 13.5. The summed E-state index contributed by atoms with van der Waals surface area (Å²) in [5, 5.41) is 0. The van der Waals surface area contributed by atoms with Gasteiger partial charge in [0.2, 0.25) is 0 Å². The lowest BCUT2D eigenvalue weighted by molar-refractivity contribution is -0.141. The van der Waals surface area contributed by atoms with Crippen molar-refractivity contribution < 1.29 is 38.1 Å². The lowest BCUT2D eigenvalue weighted by Crippen LogP contribution is -2.30.